The fourth-order valence-corrected chi connectivity index (χ4v) is 2.35. The number of fused-ring (bicyclic) bond motifs is 1. The molecule has 23 heavy (non-hydrogen) atoms. The van der Waals surface area contributed by atoms with Crippen LogP contribution in [0.25, 0.3) is 16.9 Å². The van der Waals surface area contributed by atoms with Gasteiger partial charge in [0.25, 0.3) is 0 Å². The van der Waals surface area contributed by atoms with Crippen LogP contribution in [0.3, 0.4) is 0 Å². The lowest BCUT2D eigenvalue weighted by Gasteiger charge is -2.09. The predicted molar refractivity (Wildman–Crippen MR) is 78.5 cm³/mol. The number of rotatable bonds is 4. The minimum absolute atomic E-state index is 0.121. The Balaban J connectivity index is 2.10. The van der Waals surface area contributed by atoms with Crippen LogP contribution in [0.5, 0.6) is 0 Å². The highest BCUT2D eigenvalue weighted by Crippen LogP contribution is 2.21. The lowest BCUT2D eigenvalue weighted by molar-refractivity contribution is 0.194. The maximum atomic E-state index is 13.5. The Bertz CT molecular complexity index is 859. The number of amides is 1. The number of halogens is 2. The standard InChI is InChI=1S/C15H12F2N4O2/c16-9-6-10(17)8-11(7-9)21-13(3-5-19-15(22)23)20-12-2-1-4-18-14(12)21/h1-2,4,6-8,19H,3,5H2,(H,22,23). The summed E-state index contributed by atoms with van der Waals surface area (Å²) in [5.74, 6) is -0.975. The summed E-state index contributed by atoms with van der Waals surface area (Å²) in [5, 5.41) is 10.9. The first kappa shape index (κ1) is 14.9. The summed E-state index contributed by atoms with van der Waals surface area (Å²) in [4.78, 5) is 19.1. The van der Waals surface area contributed by atoms with Gasteiger partial charge in [-0.2, -0.15) is 0 Å². The third-order valence-corrected chi connectivity index (χ3v) is 3.22. The zero-order valence-electron chi connectivity index (χ0n) is 11.8. The average Bonchev–Trinajstić information content (AvgIpc) is 2.84. The van der Waals surface area contributed by atoms with E-state index in [-0.39, 0.29) is 18.7 Å². The molecule has 0 atom stereocenters. The molecule has 0 radical (unpaired) electrons. The zero-order valence-corrected chi connectivity index (χ0v) is 11.8. The van der Waals surface area contributed by atoms with Crippen LogP contribution >= 0.6 is 0 Å². The number of nitrogens with zero attached hydrogens (tertiary/aromatic N) is 3. The molecule has 118 valence electrons. The molecule has 0 aliphatic carbocycles. The van der Waals surface area contributed by atoms with E-state index in [4.69, 9.17) is 5.11 Å². The predicted octanol–water partition coefficient (Wildman–Crippen LogP) is 2.51. The van der Waals surface area contributed by atoms with E-state index in [9.17, 15) is 13.6 Å². The number of imidazole rings is 1. The fourth-order valence-electron chi connectivity index (χ4n) is 2.35. The van der Waals surface area contributed by atoms with Gasteiger partial charge in [0.1, 0.15) is 23.0 Å². The molecular formula is C15H12F2N4O2. The highest BCUT2D eigenvalue weighted by molar-refractivity contribution is 5.73. The molecule has 0 fully saturated rings. The Morgan fingerprint density at radius 3 is 2.70 bits per heavy atom. The second-order valence-electron chi connectivity index (χ2n) is 4.82. The molecule has 1 aromatic carbocycles. The van der Waals surface area contributed by atoms with Crippen LogP contribution in [-0.4, -0.2) is 32.3 Å². The van der Waals surface area contributed by atoms with Gasteiger partial charge in [-0.25, -0.2) is 23.5 Å². The monoisotopic (exact) mass is 318 g/mol. The van der Waals surface area contributed by atoms with Gasteiger partial charge in [-0.3, -0.25) is 4.57 Å². The van der Waals surface area contributed by atoms with Crippen molar-refractivity contribution in [3.63, 3.8) is 0 Å². The van der Waals surface area contributed by atoms with E-state index in [1.165, 1.54) is 16.7 Å². The Morgan fingerprint density at radius 2 is 2.00 bits per heavy atom. The van der Waals surface area contributed by atoms with Crippen molar-refractivity contribution in [1.82, 2.24) is 19.9 Å². The van der Waals surface area contributed by atoms with Gasteiger partial charge < -0.3 is 10.4 Å². The van der Waals surface area contributed by atoms with Gasteiger partial charge in [0.2, 0.25) is 0 Å². The van der Waals surface area contributed by atoms with Crippen LogP contribution in [0.4, 0.5) is 13.6 Å². The molecule has 6 nitrogen and oxygen atoms in total. The van der Waals surface area contributed by atoms with Gasteiger partial charge in [-0.1, -0.05) is 0 Å². The van der Waals surface area contributed by atoms with Gasteiger partial charge in [0.05, 0.1) is 5.69 Å². The number of carboxylic acid groups (broad SMARTS) is 1. The van der Waals surface area contributed by atoms with Gasteiger partial charge in [0.15, 0.2) is 5.65 Å². The van der Waals surface area contributed by atoms with Crippen LogP contribution < -0.4 is 5.32 Å². The lowest BCUT2D eigenvalue weighted by atomic mass is 10.2. The molecule has 0 saturated heterocycles. The van der Waals surface area contributed by atoms with Crippen molar-refractivity contribution >= 4 is 17.3 Å². The second kappa shape index (κ2) is 5.99. The quantitative estimate of drug-likeness (QED) is 0.774. The van der Waals surface area contributed by atoms with Crippen LogP contribution in [0.15, 0.2) is 36.5 Å². The first-order chi connectivity index (χ1) is 11.0. The number of hydrogen-bond acceptors (Lipinski definition) is 3. The summed E-state index contributed by atoms with van der Waals surface area (Å²) in [6, 6.07) is 6.55. The van der Waals surface area contributed by atoms with Crippen LogP contribution in [-0.2, 0) is 6.42 Å². The number of pyridine rings is 1. The van der Waals surface area contributed by atoms with Crippen LogP contribution in [0.1, 0.15) is 5.82 Å². The summed E-state index contributed by atoms with van der Waals surface area (Å²) in [5.41, 5.74) is 1.25. The van der Waals surface area contributed by atoms with Crippen molar-refractivity contribution in [2.45, 2.75) is 6.42 Å². The first-order valence-electron chi connectivity index (χ1n) is 6.80. The Kier molecular flexibility index (Phi) is 3.88. The topological polar surface area (TPSA) is 80.0 Å². The van der Waals surface area contributed by atoms with Crippen molar-refractivity contribution in [3.05, 3.63) is 54.0 Å². The number of carbonyl (C=O) groups is 1. The summed E-state index contributed by atoms with van der Waals surface area (Å²) in [7, 11) is 0. The molecule has 2 aromatic heterocycles. The average molecular weight is 318 g/mol. The molecule has 0 aliphatic rings. The molecule has 0 saturated carbocycles. The maximum Gasteiger partial charge on any atom is 0.404 e. The molecule has 2 N–H and O–H groups in total. The van der Waals surface area contributed by atoms with Gasteiger partial charge in [-0.05, 0) is 24.3 Å². The van der Waals surface area contributed by atoms with Crippen molar-refractivity contribution in [2.24, 2.45) is 0 Å². The Hall–Kier alpha value is -3.03. The molecule has 0 spiro atoms. The summed E-state index contributed by atoms with van der Waals surface area (Å²) in [6.07, 6.45) is 0.651. The van der Waals surface area contributed by atoms with Crippen LogP contribution in [0, 0.1) is 11.6 Å². The fraction of sp³-hybridized carbons (Fsp3) is 0.133. The largest absolute Gasteiger partial charge is 0.465 e. The first-order valence-corrected chi connectivity index (χ1v) is 6.80. The molecular weight excluding hydrogens is 306 g/mol. The number of hydrogen-bond donors (Lipinski definition) is 2. The minimum atomic E-state index is -1.15. The summed E-state index contributed by atoms with van der Waals surface area (Å²) < 4.78 is 28.6. The molecule has 3 aromatic rings. The lowest BCUT2D eigenvalue weighted by Crippen LogP contribution is -2.24. The molecule has 0 unspecified atom stereocenters. The van der Waals surface area contributed by atoms with Crippen molar-refractivity contribution < 1.29 is 18.7 Å². The normalized spacial score (nSPS) is 10.9. The number of aromatic nitrogens is 3. The molecule has 0 aliphatic heterocycles. The highest BCUT2D eigenvalue weighted by atomic mass is 19.1. The zero-order chi connectivity index (χ0) is 16.4. The molecule has 3 rings (SSSR count). The SMILES string of the molecule is O=C(O)NCCc1nc2cccnc2n1-c1cc(F)cc(F)c1. The van der Waals surface area contributed by atoms with Gasteiger partial charge >= 0.3 is 6.09 Å². The van der Waals surface area contributed by atoms with E-state index >= 15 is 0 Å². The van der Waals surface area contributed by atoms with E-state index in [0.29, 0.717) is 17.0 Å². The third kappa shape index (κ3) is 3.10. The smallest absolute Gasteiger partial charge is 0.404 e. The Labute approximate surface area is 129 Å². The van der Waals surface area contributed by atoms with Gasteiger partial charge in [-0.15, -0.1) is 0 Å². The van der Waals surface area contributed by atoms with Crippen molar-refractivity contribution in [1.29, 1.82) is 0 Å². The molecule has 0 bridgehead atoms. The van der Waals surface area contributed by atoms with E-state index < -0.39 is 17.7 Å². The van der Waals surface area contributed by atoms with Gasteiger partial charge in [0, 0.05) is 25.2 Å². The maximum absolute atomic E-state index is 13.5. The molecule has 1 amide bonds. The van der Waals surface area contributed by atoms with Crippen molar-refractivity contribution in [3.8, 4) is 5.69 Å². The third-order valence-electron chi connectivity index (χ3n) is 3.22. The van der Waals surface area contributed by atoms with E-state index in [1.807, 2.05) is 0 Å². The van der Waals surface area contributed by atoms with E-state index in [0.717, 1.165) is 6.07 Å². The summed E-state index contributed by atoms with van der Waals surface area (Å²) in [6.45, 7) is 0.121. The molecule has 2 heterocycles. The number of benzene rings is 1. The second-order valence-corrected chi connectivity index (χ2v) is 4.82. The number of nitrogens with one attached hydrogen (secondary N) is 1. The van der Waals surface area contributed by atoms with Crippen LogP contribution in [0.2, 0.25) is 0 Å². The highest BCUT2D eigenvalue weighted by Gasteiger charge is 2.15. The Morgan fingerprint density at radius 1 is 1.26 bits per heavy atom. The van der Waals surface area contributed by atoms with E-state index in [2.05, 4.69) is 15.3 Å². The summed E-state index contributed by atoms with van der Waals surface area (Å²) >= 11 is 0. The minimum Gasteiger partial charge on any atom is -0.465 e. The molecule has 8 heteroatoms. The van der Waals surface area contributed by atoms with E-state index in [1.54, 1.807) is 18.3 Å². The van der Waals surface area contributed by atoms with Crippen molar-refractivity contribution in [2.75, 3.05) is 6.54 Å².